The van der Waals surface area contributed by atoms with Gasteiger partial charge in [0, 0.05) is 12.1 Å². The number of nitrogens with one attached hydrogen (secondary N) is 1. The van der Waals surface area contributed by atoms with Gasteiger partial charge in [0.2, 0.25) is 5.91 Å². The second kappa shape index (κ2) is 10.1. The van der Waals surface area contributed by atoms with Gasteiger partial charge in [0.1, 0.15) is 11.8 Å². The number of nitrogens with zero attached hydrogens (tertiary/aromatic N) is 1. The van der Waals surface area contributed by atoms with Gasteiger partial charge in [-0.2, -0.15) is 0 Å². The molecule has 0 radical (unpaired) electrons. The highest BCUT2D eigenvalue weighted by Gasteiger charge is 2.29. The lowest BCUT2D eigenvalue weighted by molar-refractivity contribution is -0.142. The Balaban J connectivity index is 2.21. The largest absolute Gasteiger partial charge is 0.497 e. The summed E-state index contributed by atoms with van der Waals surface area (Å²) in [7, 11) is 1.56. The summed E-state index contributed by atoms with van der Waals surface area (Å²) in [5.74, 6) is -0.640. The molecule has 2 rings (SSSR count). The monoisotopic (exact) mass is 416 g/mol. The first-order valence-electron chi connectivity index (χ1n) is 9.72. The summed E-state index contributed by atoms with van der Waals surface area (Å²) in [6.45, 7) is 7.04. The highest BCUT2D eigenvalue weighted by atomic mass is 19.1. The van der Waals surface area contributed by atoms with Crippen LogP contribution in [0, 0.1) is 5.82 Å². The zero-order valence-corrected chi connectivity index (χ0v) is 18.1. The lowest BCUT2D eigenvalue weighted by Gasteiger charge is -2.31. The Morgan fingerprint density at radius 2 is 1.83 bits per heavy atom. The normalized spacial score (nSPS) is 12.1. The van der Waals surface area contributed by atoms with E-state index in [0.717, 1.165) is 5.56 Å². The maximum absolute atomic E-state index is 13.8. The van der Waals surface area contributed by atoms with Crippen molar-refractivity contribution in [3.05, 3.63) is 59.9 Å². The average Bonchev–Trinajstić information content (AvgIpc) is 2.69. The molecule has 0 fully saturated rings. The van der Waals surface area contributed by atoms with E-state index in [9.17, 15) is 14.0 Å². The number of benzene rings is 2. The minimum absolute atomic E-state index is 0.0148. The van der Waals surface area contributed by atoms with Gasteiger partial charge in [0.15, 0.2) is 18.2 Å². The zero-order valence-electron chi connectivity index (χ0n) is 18.1. The number of rotatable bonds is 8. The van der Waals surface area contributed by atoms with Crippen molar-refractivity contribution in [2.45, 2.75) is 45.8 Å². The van der Waals surface area contributed by atoms with E-state index in [0.29, 0.717) is 5.75 Å². The molecular formula is C23H29FN2O4. The molecule has 0 heterocycles. The Kier molecular flexibility index (Phi) is 7.80. The molecule has 0 aliphatic carbocycles. The lowest BCUT2D eigenvalue weighted by Crippen LogP contribution is -2.53. The van der Waals surface area contributed by atoms with Crippen molar-refractivity contribution >= 4 is 11.8 Å². The minimum Gasteiger partial charge on any atom is -0.497 e. The number of carbonyl (C=O) groups is 2. The summed E-state index contributed by atoms with van der Waals surface area (Å²) in [5, 5.41) is 2.89. The molecule has 0 spiro atoms. The Morgan fingerprint density at radius 1 is 1.13 bits per heavy atom. The van der Waals surface area contributed by atoms with Crippen molar-refractivity contribution in [3.63, 3.8) is 0 Å². The van der Waals surface area contributed by atoms with E-state index in [1.807, 2.05) is 32.9 Å². The SMILES string of the molecule is COc1cccc(CN(C(=O)COc2ccccc2F)[C@H](C)C(=O)NC(C)(C)C)c1. The van der Waals surface area contributed by atoms with Gasteiger partial charge < -0.3 is 19.7 Å². The Hall–Kier alpha value is -3.09. The molecule has 1 N–H and O–H groups in total. The molecule has 30 heavy (non-hydrogen) atoms. The molecule has 6 nitrogen and oxygen atoms in total. The average molecular weight is 416 g/mol. The summed E-state index contributed by atoms with van der Waals surface area (Å²) in [4.78, 5) is 27.1. The van der Waals surface area contributed by atoms with Crippen molar-refractivity contribution in [1.29, 1.82) is 0 Å². The van der Waals surface area contributed by atoms with Crippen LogP contribution in [-0.2, 0) is 16.1 Å². The number of ether oxygens (including phenoxy) is 2. The predicted molar refractivity (Wildman–Crippen MR) is 113 cm³/mol. The van der Waals surface area contributed by atoms with Crippen LogP contribution in [0.2, 0.25) is 0 Å². The summed E-state index contributed by atoms with van der Waals surface area (Å²) in [6, 6.07) is 12.4. The standard InChI is InChI=1S/C23H29FN2O4/c1-16(22(28)25-23(2,3)4)26(14-17-9-8-10-18(13-17)29-5)21(27)15-30-20-12-7-6-11-19(20)24/h6-13,16H,14-15H2,1-5H3,(H,25,28)/t16-/m1/s1. The first kappa shape index (κ1) is 23.2. The summed E-state index contributed by atoms with van der Waals surface area (Å²) < 4.78 is 24.4. The second-order valence-corrected chi connectivity index (χ2v) is 8.01. The zero-order chi connectivity index (χ0) is 22.3. The highest BCUT2D eigenvalue weighted by Crippen LogP contribution is 2.18. The van der Waals surface area contributed by atoms with Crippen LogP contribution in [0.1, 0.15) is 33.3 Å². The van der Waals surface area contributed by atoms with Crippen molar-refractivity contribution in [2.24, 2.45) is 0 Å². The van der Waals surface area contributed by atoms with Gasteiger partial charge in [-0.3, -0.25) is 9.59 Å². The van der Waals surface area contributed by atoms with Crippen LogP contribution >= 0.6 is 0 Å². The Morgan fingerprint density at radius 3 is 2.47 bits per heavy atom. The molecule has 0 unspecified atom stereocenters. The maximum Gasteiger partial charge on any atom is 0.261 e. The molecule has 0 aliphatic rings. The van der Waals surface area contributed by atoms with Gasteiger partial charge in [-0.05, 0) is 57.5 Å². The number of hydrogen-bond donors (Lipinski definition) is 1. The van der Waals surface area contributed by atoms with E-state index in [-0.39, 0.29) is 18.2 Å². The number of hydrogen-bond acceptors (Lipinski definition) is 4. The van der Waals surface area contributed by atoms with Crippen LogP contribution in [0.15, 0.2) is 48.5 Å². The lowest BCUT2D eigenvalue weighted by atomic mass is 10.1. The number of carbonyl (C=O) groups excluding carboxylic acids is 2. The van der Waals surface area contributed by atoms with E-state index in [4.69, 9.17) is 9.47 Å². The first-order chi connectivity index (χ1) is 14.1. The van der Waals surface area contributed by atoms with Crippen LogP contribution in [0.25, 0.3) is 0 Å². The fourth-order valence-corrected chi connectivity index (χ4v) is 2.81. The molecule has 2 aromatic carbocycles. The number of amides is 2. The third kappa shape index (κ3) is 6.76. The molecule has 0 saturated carbocycles. The molecule has 1 atom stereocenters. The summed E-state index contributed by atoms with van der Waals surface area (Å²) in [6.07, 6.45) is 0. The van der Waals surface area contributed by atoms with E-state index in [1.54, 1.807) is 32.2 Å². The molecule has 2 amide bonds. The fourth-order valence-electron chi connectivity index (χ4n) is 2.81. The molecule has 2 aromatic rings. The van der Waals surface area contributed by atoms with Gasteiger partial charge in [-0.15, -0.1) is 0 Å². The van der Waals surface area contributed by atoms with Crippen molar-refractivity contribution in [1.82, 2.24) is 10.2 Å². The highest BCUT2D eigenvalue weighted by molar-refractivity contribution is 5.88. The molecule has 0 aliphatic heterocycles. The van der Waals surface area contributed by atoms with Gasteiger partial charge >= 0.3 is 0 Å². The molecular weight excluding hydrogens is 387 g/mol. The fraction of sp³-hybridized carbons (Fsp3) is 0.391. The summed E-state index contributed by atoms with van der Waals surface area (Å²) >= 11 is 0. The summed E-state index contributed by atoms with van der Waals surface area (Å²) in [5.41, 5.74) is 0.351. The maximum atomic E-state index is 13.8. The number of halogens is 1. The molecule has 0 saturated heterocycles. The topological polar surface area (TPSA) is 67.9 Å². The van der Waals surface area contributed by atoms with Gasteiger partial charge in [0.25, 0.3) is 5.91 Å². The Bertz CT molecular complexity index is 880. The quantitative estimate of drug-likeness (QED) is 0.715. The smallest absolute Gasteiger partial charge is 0.261 e. The van der Waals surface area contributed by atoms with E-state index in [2.05, 4.69) is 5.32 Å². The second-order valence-electron chi connectivity index (χ2n) is 8.01. The minimum atomic E-state index is -0.757. The number of methoxy groups -OCH3 is 1. The third-order valence-corrected chi connectivity index (χ3v) is 4.34. The first-order valence-corrected chi connectivity index (χ1v) is 9.72. The molecule has 0 aromatic heterocycles. The van der Waals surface area contributed by atoms with Crippen LogP contribution in [0.3, 0.4) is 0 Å². The van der Waals surface area contributed by atoms with Crippen LogP contribution in [0.4, 0.5) is 4.39 Å². The van der Waals surface area contributed by atoms with Crippen molar-refractivity contribution in [3.8, 4) is 11.5 Å². The van der Waals surface area contributed by atoms with Gasteiger partial charge in [0.05, 0.1) is 7.11 Å². The van der Waals surface area contributed by atoms with E-state index in [1.165, 1.54) is 23.1 Å². The number of para-hydroxylation sites is 1. The Labute approximate surface area is 177 Å². The van der Waals surface area contributed by atoms with E-state index >= 15 is 0 Å². The van der Waals surface area contributed by atoms with Crippen molar-refractivity contribution < 1.29 is 23.5 Å². The molecule has 0 bridgehead atoms. The molecule has 162 valence electrons. The van der Waals surface area contributed by atoms with Crippen LogP contribution < -0.4 is 14.8 Å². The third-order valence-electron chi connectivity index (χ3n) is 4.34. The van der Waals surface area contributed by atoms with Gasteiger partial charge in [-0.25, -0.2) is 4.39 Å². The van der Waals surface area contributed by atoms with Crippen molar-refractivity contribution in [2.75, 3.05) is 13.7 Å². The van der Waals surface area contributed by atoms with Gasteiger partial charge in [-0.1, -0.05) is 24.3 Å². The van der Waals surface area contributed by atoms with Crippen LogP contribution in [-0.4, -0.2) is 42.0 Å². The molecule has 7 heteroatoms. The predicted octanol–water partition coefficient (Wildman–Crippen LogP) is 3.55. The van der Waals surface area contributed by atoms with Crippen LogP contribution in [0.5, 0.6) is 11.5 Å². The van der Waals surface area contributed by atoms with E-state index < -0.39 is 29.9 Å².